The van der Waals surface area contributed by atoms with Crippen molar-refractivity contribution in [2.75, 3.05) is 18.5 Å². The second-order valence-electron chi connectivity index (χ2n) is 3.64. The molecule has 0 aliphatic carbocycles. The maximum absolute atomic E-state index is 11.2. The monoisotopic (exact) mass is 207 g/mol. The molecule has 1 fully saturated rings. The van der Waals surface area contributed by atoms with E-state index in [1.165, 1.54) is 0 Å². The van der Waals surface area contributed by atoms with E-state index in [2.05, 4.69) is 5.32 Å². The molecule has 1 aliphatic heterocycles. The summed E-state index contributed by atoms with van der Waals surface area (Å²) in [4.78, 5) is 11.2. The molecule has 0 aromatic heterocycles. The van der Waals surface area contributed by atoms with Gasteiger partial charge in [0, 0.05) is 12.1 Å². The number of esters is 1. The van der Waals surface area contributed by atoms with Gasteiger partial charge >= 0.3 is 5.97 Å². The van der Waals surface area contributed by atoms with E-state index in [0.717, 1.165) is 5.69 Å². The van der Waals surface area contributed by atoms with Crippen molar-refractivity contribution in [3.8, 4) is 0 Å². The third-order valence-electron chi connectivity index (χ3n) is 2.49. The van der Waals surface area contributed by atoms with Crippen molar-refractivity contribution < 1.29 is 14.6 Å². The van der Waals surface area contributed by atoms with Crippen LogP contribution in [0.25, 0.3) is 0 Å². The average molecular weight is 207 g/mol. The van der Waals surface area contributed by atoms with Crippen LogP contribution in [0.1, 0.15) is 6.42 Å². The first-order valence-corrected chi connectivity index (χ1v) is 4.89. The maximum Gasteiger partial charge on any atom is 0.340 e. The molecular weight excluding hydrogens is 194 g/mol. The van der Waals surface area contributed by atoms with Crippen LogP contribution in [0, 0.1) is 0 Å². The molecule has 80 valence electrons. The van der Waals surface area contributed by atoms with Crippen LogP contribution in [0.2, 0.25) is 0 Å². The van der Waals surface area contributed by atoms with Crippen molar-refractivity contribution in [2.45, 2.75) is 12.0 Å². The number of hydrogen-bond acceptors (Lipinski definition) is 4. The molecule has 4 nitrogen and oxygen atoms in total. The Bertz CT molecular complexity index is 352. The van der Waals surface area contributed by atoms with E-state index in [0.29, 0.717) is 13.0 Å². The van der Waals surface area contributed by atoms with E-state index in [-0.39, 0.29) is 6.54 Å². The molecule has 1 saturated heterocycles. The van der Waals surface area contributed by atoms with Gasteiger partial charge in [-0.1, -0.05) is 18.2 Å². The molecule has 0 saturated carbocycles. The number of carbonyl (C=O) groups is 1. The van der Waals surface area contributed by atoms with Crippen LogP contribution in [0.3, 0.4) is 0 Å². The highest BCUT2D eigenvalue weighted by atomic mass is 16.6. The molecule has 1 aromatic rings. The van der Waals surface area contributed by atoms with Gasteiger partial charge in [-0.2, -0.15) is 0 Å². The zero-order valence-corrected chi connectivity index (χ0v) is 8.27. The number of carbonyl (C=O) groups excluding carboxylic acids is 1. The minimum atomic E-state index is -1.37. The molecule has 2 rings (SSSR count). The maximum atomic E-state index is 11.2. The zero-order valence-electron chi connectivity index (χ0n) is 8.27. The van der Waals surface area contributed by atoms with E-state index in [4.69, 9.17) is 4.74 Å². The Morgan fingerprint density at radius 1 is 1.40 bits per heavy atom. The van der Waals surface area contributed by atoms with Gasteiger partial charge in [0.15, 0.2) is 5.60 Å². The van der Waals surface area contributed by atoms with Crippen molar-refractivity contribution in [3.63, 3.8) is 0 Å². The van der Waals surface area contributed by atoms with Gasteiger partial charge in [-0.25, -0.2) is 4.79 Å². The highest BCUT2D eigenvalue weighted by molar-refractivity contribution is 5.81. The molecule has 1 aromatic carbocycles. The lowest BCUT2D eigenvalue weighted by molar-refractivity contribution is -0.151. The third kappa shape index (κ3) is 2.10. The van der Waals surface area contributed by atoms with Crippen LogP contribution >= 0.6 is 0 Å². The van der Waals surface area contributed by atoms with Gasteiger partial charge in [0.2, 0.25) is 0 Å². The highest BCUT2D eigenvalue weighted by Crippen LogP contribution is 2.20. The second-order valence-corrected chi connectivity index (χ2v) is 3.64. The number of hydrogen-bond donors (Lipinski definition) is 2. The van der Waals surface area contributed by atoms with Gasteiger partial charge in [-0.3, -0.25) is 0 Å². The van der Waals surface area contributed by atoms with Crippen molar-refractivity contribution in [3.05, 3.63) is 30.3 Å². The standard InChI is InChI=1S/C11H13NO3/c13-10-11(14,6-7-15-10)8-12-9-4-2-1-3-5-9/h1-5,12,14H,6-8H2. The van der Waals surface area contributed by atoms with Crippen molar-refractivity contribution in [1.82, 2.24) is 0 Å². The molecule has 1 aliphatic rings. The molecule has 0 bridgehead atoms. The summed E-state index contributed by atoms with van der Waals surface area (Å²) in [5.74, 6) is -0.536. The largest absolute Gasteiger partial charge is 0.463 e. The first kappa shape index (κ1) is 9.98. The van der Waals surface area contributed by atoms with Gasteiger partial charge < -0.3 is 15.2 Å². The lowest BCUT2D eigenvalue weighted by Crippen LogP contribution is -2.41. The van der Waals surface area contributed by atoms with E-state index < -0.39 is 11.6 Å². The van der Waals surface area contributed by atoms with E-state index >= 15 is 0 Å². The van der Waals surface area contributed by atoms with E-state index in [1.807, 2.05) is 30.3 Å². The second kappa shape index (κ2) is 3.90. The van der Waals surface area contributed by atoms with Crippen LogP contribution < -0.4 is 5.32 Å². The van der Waals surface area contributed by atoms with Crippen molar-refractivity contribution in [2.24, 2.45) is 0 Å². The Hall–Kier alpha value is -1.55. The first-order valence-electron chi connectivity index (χ1n) is 4.89. The van der Waals surface area contributed by atoms with Crippen LogP contribution in [0.4, 0.5) is 5.69 Å². The predicted molar refractivity (Wildman–Crippen MR) is 55.5 cm³/mol. The SMILES string of the molecule is O=C1OCCC1(O)CNc1ccccc1. The molecule has 2 N–H and O–H groups in total. The number of ether oxygens (including phenoxy) is 1. The Labute approximate surface area is 87.9 Å². The molecule has 1 heterocycles. The fourth-order valence-electron chi connectivity index (χ4n) is 1.51. The van der Waals surface area contributed by atoms with Gasteiger partial charge in [-0.05, 0) is 12.1 Å². The molecule has 15 heavy (non-hydrogen) atoms. The summed E-state index contributed by atoms with van der Waals surface area (Å²) in [6.45, 7) is 0.488. The number of anilines is 1. The number of aliphatic hydroxyl groups is 1. The third-order valence-corrected chi connectivity index (χ3v) is 2.49. The fourth-order valence-corrected chi connectivity index (χ4v) is 1.51. The van der Waals surface area contributed by atoms with E-state index in [1.54, 1.807) is 0 Å². The molecule has 0 spiro atoms. The normalized spacial score (nSPS) is 25.0. The lowest BCUT2D eigenvalue weighted by Gasteiger charge is -2.18. The molecule has 1 unspecified atom stereocenters. The summed E-state index contributed by atoms with van der Waals surface area (Å²) >= 11 is 0. The van der Waals surface area contributed by atoms with Gasteiger partial charge in [0.25, 0.3) is 0 Å². The Balaban J connectivity index is 1.96. The molecular formula is C11H13NO3. The van der Waals surface area contributed by atoms with Crippen LogP contribution in [0.5, 0.6) is 0 Å². The summed E-state index contributed by atoms with van der Waals surface area (Å²) in [5.41, 5.74) is -0.485. The fraction of sp³-hybridized carbons (Fsp3) is 0.364. The summed E-state index contributed by atoms with van der Waals surface area (Å²) in [6, 6.07) is 9.44. The lowest BCUT2D eigenvalue weighted by atomic mass is 10.0. The minimum Gasteiger partial charge on any atom is -0.463 e. The van der Waals surface area contributed by atoms with E-state index in [9.17, 15) is 9.90 Å². The summed E-state index contributed by atoms with van der Waals surface area (Å²) in [5, 5.41) is 12.9. The quantitative estimate of drug-likeness (QED) is 0.719. The molecule has 0 radical (unpaired) electrons. The Kier molecular flexibility index (Phi) is 2.60. The Morgan fingerprint density at radius 3 is 2.73 bits per heavy atom. The summed E-state index contributed by atoms with van der Waals surface area (Å²) in [7, 11) is 0. The summed E-state index contributed by atoms with van der Waals surface area (Å²) < 4.78 is 4.73. The zero-order chi connectivity index (χ0) is 10.7. The number of cyclic esters (lactones) is 1. The van der Waals surface area contributed by atoms with Crippen molar-refractivity contribution >= 4 is 11.7 Å². The van der Waals surface area contributed by atoms with Crippen LogP contribution in [-0.4, -0.2) is 29.8 Å². The molecule has 1 atom stereocenters. The number of para-hydroxylation sites is 1. The van der Waals surface area contributed by atoms with Crippen LogP contribution in [-0.2, 0) is 9.53 Å². The number of benzene rings is 1. The van der Waals surface area contributed by atoms with Gasteiger partial charge in [-0.15, -0.1) is 0 Å². The topological polar surface area (TPSA) is 58.6 Å². The average Bonchev–Trinajstić information content (AvgIpc) is 2.59. The van der Waals surface area contributed by atoms with Crippen molar-refractivity contribution in [1.29, 1.82) is 0 Å². The summed E-state index contributed by atoms with van der Waals surface area (Å²) in [6.07, 6.45) is 0.353. The van der Waals surface area contributed by atoms with Crippen LogP contribution in [0.15, 0.2) is 30.3 Å². The minimum absolute atomic E-state index is 0.190. The first-order chi connectivity index (χ1) is 7.21. The smallest absolute Gasteiger partial charge is 0.340 e. The number of nitrogens with one attached hydrogen (secondary N) is 1. The van der Waals surface area contributed by atoms with Gasteiger partial charge in [0.05, 0.1) is 13.2 Å². The van der Waals surface area contributed by atoms with Gasteiger partial charge in [0.1, 0.15) is 0 Å². The number of rotatable bonds is 3. The Morgan fingerprint density at radius 2 is 2.13 bits per heavy atom. The predicted octanol–water partition coefficient (Wildman–Crippen LogP) is 0.776. The molecule has 0 amide bonds. The highest BCUT2D eigenvalue weighted by Gasteiger charge is 2.42. The molecule has 4 heteroatoms.